The molecule has 0 atom stereocenters. The molecule has 0 fully saturated rings. The minimum atomic E-state index is -4.46. The molecule has 5 nitrogen and oxygen atoms in total. The van der Waals surface area contributed by atoms with Crippen molar-refractivity contribution >= 4 is 29.0 Å². The Morgan fingerprint density at radius 3 is 2.24 bits per heavy atom. The Morgan fingerprint density at radius 1 is 0.941 bits per heavy atom. The average Bonchev–Trinajstić information content (AvgIpc) is 3.32. The first-order valence-corrected chi connectivity index (χ1v) is 11.3. The maximum absolute atomic E-state index is 13.2. The minimum Gasteiger partial charge on any atom is -0.332 e. The highest BCUT2D eigenvalue weighted by Crippen LogP contribution is 2.29. The zero-order valence-corrected chi connectivity index (χ0v) is 19.1. The Labute approximate surface area is 200 Å². The first-order valence-electron chi connectivity index (χ1n) is 10.4. The molecular weight excluding hydrogens is 463 g/mol. The van der Waals surface area contributed by atoms with Gasteiger partial charge in [-0.1, -0.05) is 42.5 Å². The third-order valence-electron chi connectivity index (χ3n) is 4.92. The molecule has 1 N–H and O–H groups in total. The molecule has 0 unspecified atom stereocenters. The van der Waals surface area contributed by atoms with Gasteiger partial charge in [0.15, 0.2) is 0 Å². The van der Waals surface area contributed by atoms with Crippen LogP contribution in [0.1, 0.15) is 16.0 Å². The number of rotatable bonds is 9. The van der Waals surface area contributed by atoms with Gasteiger partial charge in [-0.05, 0) is 41.3 Å². The van der Waals surface area contributed by atoms with Gasteiger partial charge in [0.2, 0.25) is 5.91 Å². The van der Waals surface area contributed by atoms with E-state index >= 15 is 0 Å². The summed E-state index contributed by atoms with van der Waals surface area (Å²) in [5.74, 6) is -0.262. The van der Waals surface area contributed by atoms with Crippen LogP contribution in [0.4, 0.5) is 23.7 Å². The van der Waals surface area contributed by atoms with Gasteiger partial charge in [0.25, 0.3) is 0 Å². The Bertz CT molecular complexity index is 1080. The number of carbonyl (C=O) groups is 2. The van der Waals surface area contributed by atoms with Gasteiger partial charge in [-0.15, -0.1) is 17.9 Å². The summed E-state index contributed by atoms with van der Waals surface area (Å²) in [6.45, 7) is 4.29. The Balaban J connectivity index is 1.71. The van der Waals surface area contributed by atoms with Crippen molar-refractivity contribution in [3.63, 3.8) is 0 Å². The van der Waals surface area contributed by atoms with Gasteiger partial charge in [-0.25, -0.2) is 4.79 Å². The van der Waals surface area contributed by atoms with E-state index < -0.39 is 17.8 Å². The SMILES string of the molecule is C=CCN(CC(=O)N(Cc1ccccc1)Cc1cccs1)C(=O)Nc1ccc(C(F)(F)F)cc1. The van der Waals surface area contributed by atoms with Crippen molar-refractivity contribution in [2.24, 2.45) is 0 Å². The summed E-state index contributed by atoms with van der Waals surface area (Å²) < 4.78 is 38.3. The number of hydrogen-bond acceptors (Lipinski definition) is 3. The average molecular weight is 488 g/mol. The van der Waals surface area contributed by atoms with E-state index in [0.717, 1.165) is 22.6 Å². The first-order chi connectivity index (χ1) is 16.3. The predicted molar refractivity (Wildman–Crippen MR) is 127 cm³/mol. The molecule has 0 aliphatic carbocycles. The molecule has 0 saturated heterocycles. The number of thiophene rings is 1. The van der Waals surface area contributed by atoms with Gasteiger partial charge in [-0.3, -0.25) is 4.79 Å². The summed E-state index contributed by atoms with van der Waals surface area (Å²) in [7, 11) is 0. The van der Waals surface area contributed by atoms with Crippen molar-refractivity contribution < 1.29 is 22.8 Å². The van der Waals surface area contributed by atoms with Crippen LogP contribution in [0, 0.1) is 0 Å². The number of alkyl halides is 3. The largest absolute Gasteiger partial charge is 0.416 e. The molecule has 3 aromatic rings. The Morgan fingerprint density at radius 2 is 1.65 bits per heavy atom. The highest BCUT2D eigenvalue weighted by Gasteiger charge is 2.30. The Kier molecular flexibility index (Phi) is 8.48. The summed E-state index contributed by atoms with van der Waals surface area (Å²) in [6.07, 6.45) is -2.98. The van der Waals surface area contributed by atoms with Crippen molar-refractivity contribution in [1.29, 1.82) is 0 Å². The van der Waals surface area contributed by atoms with E-state index in [1.54, 1.807) is 4.90 Å². The molecule has 1 heterocycles. The van der Waals surface area contributed by atoms with Gasteiger partial charge in [0.1, 0.15) is 6.54 Å². The number of nitrogens with one attached hydrogen (secondary N) is 1. The molecule has 0 spiro atoms. The fraction of sp³-hybridized carbons (Fsp3) is 0.200. The van der Waals surface area contributed by atoms with Crippen molar-refractivity contribution in [1.82, 2.24) is 9.80 Å². The van der Waals surface area contributed by atoms with Gasteiger partial charge < -0.3 is 15.1 Å². The summed E-state index contributed by atoms with van der Waals surface area (Å²) in [6, 6.07) is 16.9. The second-order valence-corrected chi connectivity index (χ2v) is 8.52. The first kappa shape index (κ1) is 25.0. The predicted octanol–water partition coefficient (Wildman–Crippen LogP) is 6.02. The fourth-order valence-corrected chi connectivity index (χ4v) is 3.93. The standard InChI is InChI=1S/C25H24F3N3O2S/c1-2-14-30(24(33)29-21-12-10-20(11-13-21)25(26,27)28)18-23(32)31(17-22-9-6-15-34-22)16-19-7-4-3-5-8-19/h2-13,15H,1,14,16-18H2,(H,29,33). The highest BCUT2D eigenvalue weighted by molar-refractivity contribution is 7.09. The lowest BCUT2D eigenvalue weighted by atomic mass is 10.2. The van der Waals surface area contributed by atoms with Crippen LogP contribution in [0.15, 0.2) is 84.8 Å². The summed E-state index contributed by atoms with van der Waals surface area (Å²) in [4.78, 5) is 30.0. The van der Waals surface area contributed by atoms with E-state index in [9.17, 15) is 22.8 Å². The van der Waals surface area contributed by atoms with Crippen LogP contribution in [-0.4, -0.2) is 34.8 Å². The lowest BCUT2D eigenvalue weighted by Gasteiger charge is -2.27. The van der Waals surface area contributed by atoms with Crippen LogP contribution >= 0.6 is 11.3 Å². The summed E-state index contributed by atoms with van der Waals surface area (Å²) in [5, 5.41) is 4.48. The number of anilines is 1. The maximum Gasteiger partial charge on any atom is 0.416 e. The van der Waals surface area contributed by atoms with Crippen LogP contribution in [0.2, 0.25) is 0 Å². The number of benzene rings is 2. The lowest BCUT2D eigenvalue weighted by Crippen LogP contribution is -2.44. The molecule has 0 saturated carbocycles. The molecule has 3 rings (SSSR count). The van der Waals surface area contributed by atoms with E-state index in [1.165, 1.54) is 34.4 Å². The molecule has 0 radical (unpaired) electrons. The molecule has 9 heteroatoms. The Hall–Kier alpha value is -3.59. The molecule has 34 heavy (non-hydrogen) atoms. The fourth-order valence-electron chi connectivity index (χ4n) is 3.21. The van der Waals surface area contributed by atoms with E-state index in [0.29, 0.717) is 13.1 Å². The third kappa shape index (κ3) is 7.21. The maximum atomic E-state index is 13.2. The normalized spacial score (nSPS) is 11.0. The second-order valence-electron chi connectivity index (χ2n) is 7.49. The van der Waals surface area contributed by atoms with Crippen LogP contribution in [0.25, 0.3) is 0 Å². The smallest absolute Gasteiger partial charge is 0.332 e. The molecule has 0 bridgehead atoms. The number of hydrogen-bond donors (Lipinski definition) is 1. The van der Waals surface area contributed by atoms with E-state index in [2.05, 4.69) is 11.9 Å². The number of carbonyl (C=O) groups excluding carboxylic acids is 2. The quantitative estimate of drug-likeness (QED) is 0.376. The molecule has 178 valence electrons. The van der Waals surface area contributed by atoms with Crippen molar-refractivity contribution in [3.05, 3.63) is 101 Å². The van der Waals surface area contributed by atoms with Crippen molar-refractivity contribution in [3.8, 4) is 0 Å². The molecule has 3 amide bonds. The van der Waals surface area contributed by atoms with Gasteiger partial charge in [0.05, 0.1) is 12.1 Å². The van der Waals surface area contributed by atoms with Crippen molar-refractivity contribution in [2.75, 3.05) is 18.4 Å². The van der Waals surface area contributed by atoms with Gasteiger partial charge in [0, 0.05) is 23.7 Å². The zero-order chi connectivity index (χ0) is 24.6. The van der Waals surface area contributed by atoms with Gasteiger partial charge >= 0.3 is 12.2 Å². The lowest BCUT2D eigenvalue weighted by molar-refractivity contribution is -0.137. The number of urea groups is 1. The van der Waals surface area contributed by atoms with E-state index in [4.69, 9.17) is 0 Å². The monoisotopic (exact) mass is 487 g/mol. The van der Waals surface area contributed by atoms with E-state index in [-0.39, 0.29) is 24.7 Å². The number of amides is 3. The summed E-state index contributed by atoms with van der Waals surface area (Å²) in [5.41, 5.74) is 0.338. The third-order valence-corrected chi connectivity index (χ3v) is 5.78. The molecule has 0 aliphatic rings. The van der Waals surface area contributed by atoms with Crippen LogP contribution in [0.3, 0.4) is 0 Å². The number of nitrogens with zero attached hydrogens (tertiary/aromatic N) is 2. The molecule has 2 aromatic carbocycles. The molecule has 1 aromatic heterocycles. The van der Waals surface area contributed by atoms with Crippen LogP contribution in [0.5, 0.6) is 0 Å². The topological polar surface area (TPSA) is 52.7 Å². The molecule has 0 aliphatic heterocycles. The highest BCUT2D eigenvalue weighted by atomic mass is 32.1. The minimum absolute atomic E-state index is 0.0936. The second kappa shape index (κ2) is 11.5. The molecular formula is C25H24F3N3O2S. The summed E-state index contributed by atoms with van der Waals surface area (Å²) >= 11 is 1.54. The van der Waals surface area contributed by atoms with E-state index in [1.807, 2.05) is 47.8 Å². The van der Waals surface area contributed by atoms with Gasteiger partial charge in [-0.2, -0.15) is 13.2 Å². The van der Waals surface area contributed by atoms with Crippen LogP contribution in [-0.2, 0) is 24.1 Å². The van der Waals surface area contributed by atoms with Crippen molar-refractivity contribution in [2.45, 2.75) is 19.3 Å². The number of halogens is 3. The van der Waals surface area contributed by atoms with Crippen LogP contribution < -0.4 is 5.32 Å². The zero-order valence-electron chi connectivity index (χ0n) is 18.3.